The first-order chi connectivity index (χ1) is 7.50. The fraction of sp³-hybridized carbons (Fsp3) is 0.538. The van der Waals surface area contributed by atoms with Gasteiger partial charge in [0.05, 0.1) is 17.4 Å². The first-order valence-electron chi connectivity index (χ1n) is 5.83. The molecule has 0 saturated carbocycles. The van der Waals surface area contributed by atoms with Crippen LogP contribution in [-0.4, -0.2) is 14.8 Å². The Hall–Kier alpha value is -1.38. The first kappa shape index (κ1) is 11.1. The fourth-order valence-electron chi connectivity index (χ4n) is 1.92. The van der Waals surface area contributed by atoms with Crippen LogP contribution in [0.25, 0.3) is 10.9 Å². The van der Waals surface area contributed by atoms with E-state index in [0.717, 1.165) is 11.4 Å². The Morgan fingerprint density at radius 1 is 1.12 bits per heavy atom. The summed E-state index contributed by atoms with van der Waals surface area (Å²) >= 11 is 0. The van der Waals surface area contributed by atoms with E-state index in [4.69, 9.17) is 4.98 Å². The fourth-order valence-corrected chi connectivity index (χ4v) is 1.92. The van der Waals surface area contributed by atoms with Gasteiger partial charge in [0, 0.05) is 18.1 Å². The summed E-state index contributed by atoms with van der Waals surface area (Å²) in [7, 11) is 1.98. The maximum Gasteiger partial charge on any atom is 0.0715 e. The predicted molar refractivity (Wildman–Crippen MR) is 66.7 cm³/mol. The molecule has 0 aromatic carbocycles. The number of rotatable bonds is 2. The Labute approximate surface area is 96.5 Å². The summed E-state index contributed by atoms with van der Waals surface area (Å²) < 4.78 is 1.93. The second-order valence-electron chi connectivity index (χ2n) is 4.94. The van der Waals surface area contributed by atoms with Gasteiger partial charge in [0.25, 0.3) is 0 Å². The van der Waals surface area contributed by atoms with Gasteiger partial charge in [0.2, 0.25) is 0 Å². The van der Waals surface area contributed by atoms with Crippen molar-refractivity contribution in [2.24, 2.45) is 7.05 Å². The zero-order chi connectivity index (χ0) is 11.9. The van der Waals surface area contributed by atoms with Gasteiger partial charge < -0.3 is 0 Å². The predicted octanol–water partition coefficient (Wildman–Crippen LogP) is 3.22. The van der Waals surface area contributed by atoms with Gasteiger partial charge in [-0.25, -0.2) is 0 Å². The quantitative estimate of drug-likeness (QED) is 0.773. The molecule has 0 spiro atoms. The molecule has 16 heavy (non-hydrogen) atoms. The van der Waals surface area contributed by atoms with E-state index in [2.05, 4.69) is 38.9 Å². The zero-order valence-corrected chi connectivity index (χ0v) is 10.7. The van der Waals surface area contributed by atoms with Crippen LogP contribution in [0.2, 0.25) is 0 Å². The van der Waals surface area contributed by atoms with Gasteiger partial charge in [-0.15, -0.1) is 0 Å². The molecule has 0 amide bonds. The molecule has 0 aliphatic rings. The topological polar surface area (TPSA) is 30.7 Å². The van der Waals surface area contributed by atoms with Crippen LogP contribution >= 0.6 is 0 Å². The van der Waals surface area contributed by atoms with Crippen LogP contribution in [-0.2, 0) is 7.05 Å². The number of hydrogen-bond donors (Lipinski definition) is 0. The van der Waals surface area contributed by atoms with Crippen molar-refractivity contribution < 1.29 is 0 Å². The van der Waals surface area contributed by atoms with Gasteiger partial charge in [0.1, 0.15) is 0 Å². The maximum atomic E-state index is 4.76. The van der Waals surface area contributed by atoms with Gasteiger partial charge in [-0.3, -0.25) is 9.67 Å². The smallest absolute Gasteiger partial charge is 0.0715 e. The van der Waals surface area contributed by atoms with E-state index >= 15 is 0 Å². The summed E-state index contributed by atoms with van der Waals surface area (Å²) in [4.78, 5) is 4.76. The Morgan fingerprint density at radius 2 is 1.81 bits per heavy atom. The average Bonchev–Trinajstić information content (AvgIpc) is 2.59. The summed E-state index contributed by atoms with van der Waals surface area (Å²) in [5, 5.41) is 5.50. The lowest BCUT2D eigenvalue weighted by atomic mass is 10.0. The number of fused-ring (bicyclic) bond motifs is 1. The molecule has 0 fully saturated rings. The Bertz CT molecular complexity index is 509. The standard InChI is InChI=1S/C13H19N3/c1-8(2)11-6-12-10(7-14-16(12)5)13(15-11)9(3)4/h6-9H,1-5H3. The third kappa shape index (κ3) is 1.70. The van der Waals surface area contributed by atoms with E-state index in [1.807, 2.05) is 17.9 Å². The highest BCUT2D eigenvalue weighted by molar-refractivity contribution is 5.81. The molecule has 0 bridgehead atoms. The molecule has 0 atom stereocenters. The molecule has 3 heteroatoms. The lowest BCUT2D eigenvalue weighted by Crippen LogP contribution is -2.01. The molecule has 2 rings (SSSR count). The highest BCUT2D eigenvalue weighted by Crippen LogP contribution is 2.26. The summed E-state index contributed by atoms with van der Waals surface area (Å²) in [5.41, 5.74) is 3.50. The second-order valence-corrected chi connectivity index (χ2v) is 4.94. The third-order valence-corrected chi connectivity index (χ3v) is 2.93. The molecule has 2 aromatic heterocycles. The van der Waals surface area contributed by atoms with Crippen molar-refractivity contribution in [3.8, 4) is 0 Å². The number of hydrogen-bond acceptors (Lipinski definition) is 2. The number of nitrogens with zero attached hydrogens (tertiary/aromatic N) is 3. The third-order valence-electron chi connectivity index (χ3n) is 2.93. The lowest BCUT2D eigenvalue weighted by Gasteiger charge is -2.11. The minimum atomic E-state index is 0.436. The summed E-state index contributed by atoms with van der Waals surface area (Å²) in [6.45, 7) is 8.71. The molecular formula is C13H19N3. The van der Waals surface area contributed by atoms with Gasteiger partial charge >= 0.3 is 0 Å². The SMILES string of the molecule is CC(C)c1cc2c(cnn2C)c(C(C)C)n1. The second kappa shape index (κ2) is 3.89. The van der Waals surface area contributed by atoms with E-state index in [9.17, 15) is 0 Å². The summed E-state index contributed by atoms with van der Waals surface area (Å²) in [6.07, 6.45) is 1.92. The Kier molecular flexibility index (Phi) is 2.70. The van der Waals surface area contributed by atoms with Crippen molar-refractivity contribution in [1.29, 1.82) is 0 Å². The summed E-state index contributed by atoms with van der Waals surface area (Å²) in [5.74, 6) is 0.891. The van der Waals surface area contributed by atoms with E-state index in [-0.39, 0.29) is 0 Å². The molecule has 2 heterocycles. The van der Waals surface area contributed by atoms with Crippen molar-refractivity contribution in [2.75, 3.05) is 0 Å². The van der Waals surface area contributed by atoms with Crippen LogP contribution in [0.1, 0.15) is 50.9 Å². The molecule has 0 unspecified atom stereocenters. The van der Waals surface area contributed by atoms with Gasteiger partial charge in [0.15, 0.2) is 0 Å². The average molecular weight is 217 g/mol. The van der Waals surface area contributed by atoms with E-state index in [0.29, 0.717) is 11.8 Å². The molecule has 3 nitrogen and oxygen atoms in total. The zero-order valence-electron chi connectivity index (χ0n) is 10.7. The lowest BCUT2D eigenvalue weighted by molar-refractivity contribution is 0.767. The van der Waals surface area contributed by atoms with Gasteiger partial charge in [-0.05, 0) is 17.9 Å². The van der Waals surface area contributed by atoms with Gasteiger partial charge in [-0.2, -0.15) is 5.10 Å². The normalized spacial score (nSPS) is 11.9. The molecule has 0 saturated heterocycles. The molecule has 0 radical (unpaired) electrons. The van der Waals surface area contributed by atoms with Crippen LogP contribution in [0.4, 0.5) is 0 Å². The Balaban J connectivity index is 2.75. The Morgan fingerprint density at radius 3 is 2.38 bits per heavy atom. The van der Waals surface area contributed by atoms with Crippen LogP contribution in [0.3, 0.4) is 0 Å². The molecule has 86 valence electrons. The monoisotopic (exact) mass is 217 g/mol. The van der Waals surface area contributed by atoms with Crippen molar-refractivity contribution in [2.45, 2.75) is 39.5 Å². The highest BCUT2D eigenvalue weighted by Gasteiger charge is 2.13. The van der Waals surface area contributed by atoms with E-state index in [1.165, 1.54) is 10.9 Å². The minimum absolute atomic E-state index is 0.436. The van der Waals surface area contributed by atoms with Crippen molar-refractivity contribution in [3.63, 3.8) is 0 Å². The van der Waals surface area contributed by atoms with Crippen molar-refractivity contribution in [1.82, 2.24) is 14.8 Å². The molecule has 2 aromatic rings. The molecule has 0 aliphatic carbocycles. The number of pyridine rings is 1. The first-order valence-corrected chi connectivity index (χ1v) is 5.83. The largest absolute Gasteiger partial charge is 0.268 e. The highest BCUT2D eigenvalue weighted by atomic mass is 15.2. The minimum Gasteiger partial charge on any atom is -0.268 e. The van der Waals surface area contributed by atoms with Gasteiger partial charge in [-0.1, -0.05) is 27.7 Å². The maximum absolute atomic E-state index is 4.76. The van der Waals surface area contributed by atoms with Crippen LogP contribution < -0.4 is 0 Å². The van der Waals surface area contributed by atoms with E-state index < -0.39 is 0 Å². The molecular weight excluding hydrogens is 198 g/mol. The van der Waals surface area contributed by atoms with Crippen molar-refractivity contribution >= 4 is 10.9 Å². The van der Waals surface area contributed by atoms with Crippen molar-refractivity contribution in [3.05, 3.63) is 23.7 Å². The number of aryl methyl sites for hydroxylation is 1. The van der Waals surface area contributed by atoms with E-state index in [1.54, 1.807) is 0 Å². The summed E-state index contributed by atoms with van der Waals surface area (Å²) in [6, 6.07) is 2.15. The van der Waals surface area contributed by atoms with Crippen LogP contribution in [0, 0.1) is 0 Å². The molecule has 0 aliphatic heterocycles. The molecule has 0 N–H and O–H groups in total. The van der Waals surface area contributed by atoms with Crippen LogP contribution in [0.15, 0.2) is 12.3 Å². The number of aromatic nitrogens is 3. The van der Waals surface area contributed by atoms with Crippen LogP contribution in [0.5, 0.6) is 0 Å².